The molecular weight excluding hydrogens is 270 g/mol. The Kier molecular flexibility index (Phi) is 4.50. The Balaban J connectivity index is 2.21. The first-order valence-corrected chi connectivity index (χ1v) is 6.35. The molecule has 2 aromatic rings. The van der Waals surface area contributed by atoms with Gasteiger partial charge < -0.3 is 10.0 Å². The smallest absolute Gasteiger partial charge is 0.323 e. The van der Waals surface area contributed by atoms with Gasteiger partial charge in [0.25, 0.3) is 5.91 Å². The van der Waals surface area contributed by atoms with Crippen molar-refractivity contribution in [2.75, 3.05) is 13.1 Å². The number of carbonyl (C=O) groups is 2. The fraction of sp³-hybridized carbons (Fsp3) is 0.133. The fourth-order valence-electron chi connectivity index (χ4n) is 1.86. The number of nitrogens with zero attached hydrogens (tertiary/aromatic N) is 3. The number of carbonyl (C=O) groups excluding carboxylic acids is 1. The standard InChI is InChI=1S/C15H15N3O3/c1-2-9-17(11-14(19)20)15(21)13-8-10-18(16-13)12-6-4-3-5-7-12/h2-8,10H,1,9,11H2,(H,19,20). The van der Waals surface area contributed by atoms with Crippen molar-refractivity contribution in [3.05, 3.63) is 60.9 Å². The van der Waals surface area contributed by atoms with Gasteiger partial charge in [0.1, 0.15) is 6.54 Å². The van der Waals surface area contributed by atoms with Crippen LogP contribution in [0.2, 0.25) is 0 Å². The molecule has 0 aliphatic carbocycles. The maximum absolute atomic E-state index is 12.3. The zero-order valence-corrected chi connectivity index (χ0v) is 11.3. The number of hydrogen-bond acceptors (Lipinski definition) is 3. The summed E-state index contributed by atoms with van der Waals surface area (Å²) in [6.45, 7) is 3.29. The Morgan fingerprint density at radius 1 is 1.29 bits per heavy atom. The summed E-state index contributed by atoms with van der Waals surface area (Å²) in [6.07, 6.45) is 3.14. The molecule has 0 aliphatic heterocycles. The number of aliphatic carboxylic acids is 1. The normalized spacial score (nSPS) is 10.1. The molecular formula is C15H15N3O3. The summed E-state index contributed by atoms with van der Waals surface area (Å²) in [6, 6.07) is 10.9. The highest BCUT2D eigenvalue weighted by molar-refractivity contribution is 5.94. The second kappa shape index (κ2) is 6.51. The van der Waals surface area contributed by atoms with E-state index < -0.39 is 11.9 Å². The van der Waals surface area contributed by atoms with Gasteiger partial charge in [0, 0.05) is 12.7 Å². The van der Waals surface area contributed by atoms with Crippen molar-refractivity contribution in [1.29, 1.82) is 0 Å². The lowest BCUT2D eigenvalue weighted by Crippen LogP contribution is -2.36. The van der Waals surface area contributed by atoms with Gasteiger partial charge in [0.2, 0.25) is 0 Å². The van der Waals surface area contributed by atoms with Gasteiger partial charge in [0.15, 0.2) is 5.69 Å². The van der Waals surface area contributed by atoms with E-state index in [4.69, 9.17) is 5.11 Å². The van der Waals surface area contributed by atoms with E-state index in [0.717, 1.165) is 5.69 Å². The van der Waals surface area contributed by atoms with Gasteiger partial charge >= 0.3 is 5.97 Å². The lowest BCUT2D eigenvalue weighted by Gasteiger charge is -2.17. The Hall–Kier alpha value is -2.89. The molecule has 0 saturated heterocycles. The number of hydrogen-bond donors (Lipinski definition) is 1. The maximum Gasteiger partial charge on any atom is 0.323 e. The second-order valence-corrected chi connectivity index (χ2v) is 4.35. The number of carboxylic acid groups (broad SMARTS) is 1. The van der Waals surface area contributed by atoms with Crippen LogP contribution >= 0.6 is 0 Å². The van der Waals surface area contributed by atoms with Gasteiger partial charge in [-0.05, 0) is 18.2 Å². The highest BCUT2D eigenvalue weighted by atomic mass is 16.4. The van der Waals surface area contributed by atoms with Gasteiger partial charge in [-0.25, -0.2) is 4.68 Å². The predicted molar refractivity (Wildman–Crippen MR) is 77.3 cm³/mol. The monoisotopic (exact) mass is 285 g/mol. The van der Waals surface area contributed by atoms with Crippen molar-refractivity contribution in [3.63, 3.8) is 0 Å². The third-order valence-corrected chi connectivity index (χ3v) is 2.79. The first-order valence-electron chi connectivity index (χ1n) is 6.35. The number of benzene rings is 1. The molecule has 0 bridgehead atoms. The fourth-order valence-corrected chi connectivity index (χ4v) is 1.86. The molecule has 2 rings (SSSR count). The summed E-state index contributed by atoms with van der Waals surface area (Å²) in [5.74, 6) is -1.51. The van der Waals surface area contributed by atoms with Gasteiger partial charge in [-0.3, -0.25) is 9.59 Å². The van der Waals surface area contributed by atoms with Crippen molar-refractivity contribution in [2.45, 2.75) is 0 Å². The van der Waals surface area contributed by atoms with Crippen molar-refractivity contribution < 1.29 is 14.7 Å². The summed E-state index contributed by atoms with van der Waals surface area (Å²) in [5, 5.41) is 13.0. The molecule has 1 amide bonds. The molecule has 21 heavy (non-hydrogen) atoms. The molecule has 108 valence electrons. The highest BCUT2D eigenvalue weighted by Crippen LogP contribution is 2.08. The average Bonchev–Trinajstić information content (AvgIpc) is 2.96. The largest absolute Gasteiger partial charge is 0.480 e. The lowest BCUT2D eigenvalue weighted by molar-refractivity contribution is -0.137. The van der Waals surface area contributed by atoms with Crippen LogP contribution in [-0.2, 0) is 4.79 Å². The zero-order chi connectivity index (χ0) is 15.2. The number of aromatic nitrogens is 2. The first kappa shape index (κ1) is 14.5. The molecule has 0 atom stereocenters. The topological polar surface area (TPSA) is 75.4 Å². The number of para-hydroxylation sites is 1. The molecule has 0 spiro atoms. The Bertz CT molecular complexity index is 649. The van der Waals surface area contributed by atoms with Crippen LogP contribution in [0.1, 0.15) is 10.5 Å². The van der Waals surface area contributed by atoms with Crippen LogP contribution in [0.15, 0.2) is 55.3 Å². The summed E-state index contributed by atoms with van der Waals surface area (Å²) in [4.78, 5) is 24.2. The average molecular weight is 285 g/mol. The Morgan fingerprint density at radius 3 is 2.62 bits per heavy atom. The van der Waals surface area contributed by atoms with Gasteiger partial charge in [-0.2, -0.15) is 5.10 Å². The predicted octanol–water partition coefficient (Wildman–Crippen LogP) is 1.59. The van der Waals surface area contributed by atoms with Crippen LogP contribution in [-0.4, -0.2) is 44.8 Å². The summed E-state index contributed by atoms with van der Waals surface area (Å²) in [5.41, 5.74) is 1.02. The van der Waals surface area contributed by atoms with E-state index in [1.807, 2.05) is 30.3 Å². The van der Waals surface area contributed by atoms with Gasteiger partial charge in [-0.1, -0.05) is 24.3 Å². The van der Waals surface area contributed by atoms with E-state index in [-0.39, 0.29) is 18.8 Å². The van der Waals surface area contributed by atoms with Gasteiger partial charge in [0.05, 0.1) is 5.69 Å². The Morgan fingerprint density at radius 2 is 2.00 bits per heavy atom. The van der Waals surface area contributed by atoms with E-state index in [2.05, 4.69) is 11.7 Å². The molecule has 1 aromatic heterocycles. The highest BCUT2D eigenvalue weighted by Gasteiger charge is 2.19. The van der Waals surface area contributed by atoms with Crippen molar-refractivity contribution in [3.8, 4) is 5.69 Å². The minimum atomic E-state index is -1.08. The summed E-state index contributed by atoms with van der Waals surface area (Å²) < 4.78 is 1.57. The molecule has 0 radical (unpaired) electrons. The minimum Gasteiger partial charge on any atom is -0.480 e. The number of amides is 1. The minimum absolute atomic E-state index is 0.156. The van der Waals surface area contributed by atoms with E-state index in [9.17, 15) is 9.59 Å². The summed E-state index contributed by atoms with van der Waals surface area (Å²) in [7, 11) is 0. The van der Waals surface area contributed by atoms with Crippen molar-refractivity contribution in [1.82, 2.24) is 14.7 Å². The zero-order valence-electron chi connectivity index (χ0n) is 11.3. The lowest BCUT2D eigenvalue weighted by atomic mass is 10.3. The quantitative estimate of drug-likeness (QED) is 0.818. The summed E-state index contributed by atoms with van der Waals surface area (Å²) >= 11 is 0. The molecule has 1 heterocycles. The number of rotatable bonds is 6. The SMILES string of the molecule is C=CCN(CC(=O)O)C(=O)c1ccn(-c2ccccc2)n1. The molecule has 6 heteroatoms. The van der Waals surface area contributed by atoms with E-state index >= 15 is 0 Å². The maximum atomic E-state index is 12.3. The Labute approximate surface area is 121 Å². The molecule has 0 unspecified atom stereocenters. The van der Waals surface area contributed by atoms with Crippen LogP contribution in [0.4, 0.5) is 0 Å². The van der Waals surface area contributed by atoms with Crippen molar-refractivity contribution in [2.24, 2.45) is 0 Å². The second-order valence-electron chi connectivity index (χ2n) is 4.35. The van der Waals surface area contributed by atoms with Crippen LogP contribution in [0.25, 0.3) is 5.69 Å². The van der Waals surface area contributed by atoms with E-state index in [0.29, 0.717) is 0 Å². The van der Waals surface area contributed by atoms with Crippen LogP contribution in [0.3, 0.4) is 0 Å². The molecule has 0 fully saturated rings. The van der Waals surface area contributed by atoms with Crippen LogP contribution in [0, 0.1) is 0 Å². The molecule has 1 aromatic carbocycles. The first-order chi connectivity index (χ1) is 10.1. The third kappa shape index (κ3) is 3.56. The van der Waals surface area contributed by atoms with Gasteiger partial charge in [-0.15, -0.1) is 6.58 Å². The third-order valence-electron chi connectivity index (χ3n) is 2.79. The molecule has 0 saturated carbocycles. The van der Waals surface area contributed by atoms with Crippen LogP contribution < -0.4 is 0 Å². The van der Waals surface area contributed by atoms with E-state index in [1.165, 1.54) is 11.0 Å². The van der Waals surface area contributed by atoms with Crippen LogP contribution in [0.5, 0.6) is 0 Å². The van der Waals surface area contributed by atoms with E-state index in [1.54, 1.807) is 16.9 Å². The van der Waals surface area contributed by atoms with Crippen molar-refractivity contribution >= 4 is 11.9 Å². The molecule has 1 N–H and O–H groups in total. The number of carboxylic acids is 1. The molecule has 6 nitrogen and oxygen atoms in total. The molecule has 0 aliphatic rings.